The molecule has 0 saturated carbocycles. The summed E-state index contributed by atoms with van der Waals surface area (Å²) in [6.45, 7) is 3.71. The molecule has 0 rings (SSSR count). The number of carbonyl (C=O) groups is 3. The number of hydrogen-bond acceptors (Lipinski definition) is 3. The quantitative estimate of drug-likeness (QED) is 0.208. The topological polar surface area (TPSA) is 112 Å². The van der Waals surface area contributed by atoms with Gasteiger partial charge in [0.25, 0.3) is 0 Å². The minimum absolute atomic E-state index is 0.0724. The fourth-order valence-corrected chi connectivity index (χ4v) is 3.60. The largest absolute Gasteiger partial charge is 0.481 e. The molecule has 0 heterocycles. The highest BCUT2D eigenvalue weighted by molar-refractivity contribution is 5.67. The van der Waals surface area contributed by atoms with E-state index < -0.39 is 17.9 Å². The van der Waals surface area contributed by atoms with Crippen LogP contribution >= 0.6 is 0 Å². The maximum Gasteiger partial charge on any atom is 0.309 e. The van der Waals surface area contributed by atoms with Crippen LogP contribution in [0.2, 0.25) is 0 Å². The van der Waals surface area contributed by atoms with Crippen LogP contribution in [0, 0.1) is 0 Å². The van der Waals surface area contributed by atoms with Crippen molar-refractivity contribution in [1.82, 2.24) is 0 Å². The monoisotopic (exact) mass is 402 g/mol. The first-order valence-corrected chi connectivity index (χ1v) is 10.8. The van der Waals surface area contributed by atoms with Gasteiger partial charge in [0.1, 0.15) is 0 Å². The summed E-state index contributed by atoms with van der Waals surface area (Å²) in [5, 5.41) is 27.1. The zero-order valence-corrected chi connectivity index (χ0v) is 17.5. The predicted molar refractivity (Wildman–Crippen MR) is 108 cm³/mol. The van der Waals surface area contributed by atoms with Crippen molar-refractivity contribution in [2.75, 3.05) is 26.2 Å². The molecule has 0 aliphatic carbocycles. The van der Waals surface area contributed by atoms with Crippen LogP contribution in [0.15, 0.2) is 0 Å². The first-order chi connectivity index (χ1) is 13.3. The third-order valence-electron chi connectivity index (χ3n) is 5.39. The lowest BCUT2D eigenvalue weighted by Crippen LogP contribution is -2.52. The molecule has 0 unspecified atom stereocenters. The number of rotatable bonds is 20. The van der Waals surface area contributed by atoms with E-state index in [4.69, 9.17) is 15.3 Å². The van der Waals surface area contributed by atoms with Crippen LogP contribution in [-0.2, 0) is 14.4 Å². The van der Waals surface area contributed by atoms with Crippen molar-refractivity contribution in [2.24, 2.45) is 0 Å². The van der Waals surface area contributed by atoms with Gasteiger partial charge in [-0.2, -0.15) is 0 Å². The molecule has 0 aromatic carbocycles. The molecule has 0 amide bonds. The number of hydrogen-bond donors (Lipinski definition) is 3. The first-order valence-electron chi connectivity index (χ1n) is 10.8. The van der Waals surface area contributed by atoms with Gasteiger partial charge in [-0.15, -0.1) is 0 Å². The molecule has 0 bridgehead atoms. The molecule has 0 aromatic heterocycles. The maximum atomic E-state index is 11.0. The molecule has 0 radical (unpaired) electrons. The van der Waals surface area contributed by atoms with E-state index >= 15 is 0 Å². The van der Waals surface area contributed by atoms with Crippen molar-refractivity contribution in [3.63, 3.8) is 0 Å². The first kappa shape index (κ1) is 26.4. The zero-order valence-electron chi connectivity index (χ0n) is 17.5. The van der Waals surface area contributed by atoms with E-state index in [1.54, 1.807) is 0 Å². The number of aliphatic carboxylic acids is 3. The van der Waals surface area contributed by atoms with Crippen LogP contribution in [0.3, 0.4) is 0 Å². The molecule has 0 saturated heterocycles. The Labute approximate surface area is 169 Å². The molecule has 3 N–H and O–H groups in total. The van der Waals surface area contributed by atoms with Gasteiger partial charge in [0.2, 0.25) is 0 Å². The molecule has 7 heteroatoms. The van der Waals surface area contributed by atoms with Gasteiger partial charge >= 0.3 is 17.9 Å². The van der Waals surface area contributed by atoms with E-state index in [-0.39, 0.29) is 43.4 Å². The number of unbranched alkanes of at least 4 members (excludes halogenated alkanes) is 9. The molecular weight excluding hydrogens is 362 g/mol. The summed E-state index contributed by atoms with van der Waals surface area (Å²) in [4.78, 5) is 33.1. The standard InChI is InChI=1S/C21H39NO6/c1-2-3-4-5-6-7-8-9-10-11-15-22(16-12-19(23)24,17-13-20(25)26)18-14-21(27)28/h2-18H2,1H3,(H2-,23,24,25,26,27,28)/p+1. The van der Waals surface area contributed by atoms with Crippen LogP contribution in [-0.4, -0.2) is 63.9 Å². The molecule has 0 spiro atoms. The Morgan fingerprint density at radius 2 is 0.857 bits per heavy atom. The van der Waals surface area contributed by atoms with Crippen molar-refractivity contribution in [3.05, 3.63) is 0 Å². The highest BCUT2D eigenvalue weighted by atomic mass is 16.4. The normalized spacial score (nSPS) is 11.5. The Kier molecular flexibility index (Phi) is 15.4. The van der Waals surface area contributed by atoms with Crippen LogP contribution < -0.4 is 0 Å². The van der Waals surface area contributed by atoms with Gasteiger partial charge in [0.05, 0.1) is 45.4 Å². The van der Waals surface area contributed by atoms with E-state index in [1.165, 1.54) is 44.9 Å². The summed E-state index contributed by atoms with van der Waals surface area (Å²) in [5.41, 5.74) is 0. The van der Waals surface area contributed by atoms with Crippen molar-refractivity contribution in [2.45, 2.75) is 90.4 Å². The summed E-state index contributed by atoms with van der Waals surface area (Å²) < 4.78 is 0.266. The SMILES string of the molecule is CCCCCCCCCCCC[N+](CCC(=O)O)(CCC(=O)O)CCC(=O)O. The van der Waals surface area contributed by atoms with Gasteiger partial charge in [0, 0.05) is 0 Å². The third kappa shape index (κ3) is 15.4. The summed E-state index contributed by atoms with van der Waals surface area (Å²) in [6.07, 6.45) is 11.7. The number of nitrogens with zero attached hydrogens (tertiary/aromatic N) is 1. The van der Waals surface area contributed by atoms with Crippen LogP contribution in [0.5, 0.6) is 0 Å². The average Bonchev–Trinajstić information content (AvgIpc) is 2.63. The molecule has 164 valence electrons. The lowest BCUT2D eigenvalue weighted by atomic mass is 10.1. The Hall–Kier alpha value is -1.63. The van der Waals surface area contributed by atoms with Gasteiger partial charge in [-0.1, -0.05) is 58.3 Å². The smallest absolute Gasteiger partial charge is 0.309 e. The highest BCUT2D eigenvalue weighted by Gasteiger charge is 2.29. The second-order valence-electron chi connectivity index (χ2n) is 7.85. The zero-order chi connectivity index (χ0) is 21.3. The Balaban J connectivity index is 4.44. The Bertz CT molecular complexity index is 407. The van der Waals surface area contributed by atoms with E-state index in [0.717, 1.165) is 19.3 Å². The molecular formula is C21H40NO6+. The van der Waals surface area contributed by atoms with E-state index in [1.807, 2.05) is 0 Å². The van der Waals surface area contributed by atoms with Crippen molar-refractivity contribution in [3.8, 4) is 0 Å². The van der Waals surface area contributed by atoms with Crippen molar-refractivity contribution in [1.29, 1.82) is 0 Å². The lowest BCUT2D eigenvalue weighted by Gasteiger charge is -2.38. The summed E-state index contributed by atoms with van der Waals surface area (Å²) in [5.74, 6) is -2.80. The third-order valence-corrected chi connectivity index (χ3v) is 5.39. The fourth-order valence-electron chi connectivity index (χ4n) is 3.60. The molecule has 0 aliphatic rings. The molecule has 7 nitrogen and oxygen atoms in total. The molecule has 0 fully saturated rings. The van der Waals surface area contributed by atoms with Gasteiger partial charge in [-0.3, -0.25) is 14.4 Å². The number of carboxylic acids is 3. The van der Waals surface area contributed by atoms with E-state index in [2.05, 4.69) is 6.92 Å². The fraction of sp³-hybridized carbons (Fsp3) is 0.857. The summed E-state index contributed by atoms with van der Waals surface area (Å²) >= 11 is 0. The second kappa shape index (κ2) is 16.3. The minimum atomic E-state index is -0.934. The average molecular weight is 403 g/mol. The van der Waals surface area contributed by atoms with Gasteiger partial charge in [0.15, 0.2) is 0 Å². The van der Waals surface area contributed by atoms with Crippen molar-refractivity contribution < 1.29 is 34.2 Å². The molecule has 0 aliphatic heterocycles. The molecule has 0 aromatic rings. The van der Waals surface area contributed by atoms with Crippen molar-refractivity contribution >= 4 is 17.9 Å². The van der Waals surface area contributed by atoms with Gasteiger partial charge < -0.3 is 19.8 Å². The van der Waals surface area contributed by atoms with Crippen LogP contribution in [0.4, 0.5) is 0 Å². The predicted octanol–water partition coefficient (Wildman–Crippen LogP) is 4.15. The number of carboxylic acid groups (broad SMARTS) is 3. The Morgan fingerprint density at radius 1 is 0.536 bits per heavy atom. The minimum Gasteiger partial charge on any atom is -0.481 e. The van der Waals surface area contributed by atoms with Crippen LogP contribution in [0.1, 0.15) is 90.4 Å². The van der Waals surface area contributed by atoms with E-state index in [9.17, 15) is 14.4 Å². The lowest BCUT2D eigenvalue weighted by molar-refractivity contribution is -0.927. The second-order valence-corrected chi connectivity index (χ2v) is 7.85. The van der Waals surface area contributed by atoms with E-state index in [0.29, 0.717) is 6.54 Å². The molecule has 28 heavy (non-hydrogen) atoms. The summed E-state index contributed by atoms with van der Waals surface area (Å²) in [6, 6.07) is 0. The number of quaternary nitrogens is 1. The molecule has 0 atom stereocenters. The Morgan fingerprint density at radius 3 is 1.18 bits per heavy atom. The maximum absolute atomic E-state index is 11.0. The van der Waals surface area contributed by atoms with Crippen LogP contribution in [0.25, 0.3) is 0 Å². The van der Waals surface area contributed by atoms with Gasteiger partial charge in [-0.25, -0.2) is 0 Å². The highest BCUT2D eigenvalue weighted by Crippen LogP contribution is 2.17. The van der Waals surface area contributed by atoms with Gasteiger partial charge in [-0.05, 0) is 12.8 Å². The summed E-state index contributed by atoms with van der Waals surface area (Å²) in [7, 11) is 0.